The number of carbonyl (C=O) groups is 2. The van der Waals surface area contributed by atoms with Crippen molar-refractivity contribution in [1.82, 2.24) is 10.2 Å². The van der Waals surface area contributed by atoms with E-state index in [1.807, 2.05) is 52.7 Å². The molecule has 2 amide bonds. The van der Waals surface area contributed by atoms with Crippen LogP contribution < -0.4 is 10.6 Å². The Morgan fingerprint density at radius 2 is 2.09 bits per heavy atom. The average Bonchev–Trinajstić information content (AvgIpc) is 3.02. The van der Waals surface area contributed by atoms with Gasteiger partial charge in [-0.15, -0.1) is 11.3 Å². The molecule has 5 nitrogen and oxygen atoms in total. The lowest BCUT2D eigenvalue weighted by Gasteiger charge is -2.33. The molecule has 1 aliphatic heterocycles. The molecule has 0 unspecified atom stereocenters. The normalized spacial score (nSPS) is 18.7. The van der Waals surface area contributed by atoms with Crippen molar-refractivity contribution >= 4 is 28.8 Å². The fourth-order valence-corrected chi connectivity index (χ4v) is 3.40. The fraction of sp³-hybridized carbons (Fsp3) is 0.250. The number of nitrogens with one attached hydrogen (secondary N) is 2. The first-order valence-electron chi connectivity index (χ1n) is 7.14. The molecule has 3 rings (SSSR count). The van der Waals surface area contributed by atoms with Gasteiger partial charge in [0, 0.05) is 23.7 Å². The van der Waals surface area contributed by atoms with E-state index in [0.29, 0.717) is 13.1 Å². The van der Waals surface area contributed by atoms with Gasteiger partial charge in [0.15, 0.2) is 0 Å². The van der Waals surface area contributed by atoms with Crippen LogP contribution in [-0.2, 0) is 9.59 Å². The van der Waals surface area contributed by atoms with E-state index in [9.17, 15) is 9.59 Å². The predicted molar refractivity (Wildman–Crippen MR) is 86.7 cm³/mol. The highest BCUT2D eigenvalue weighted by Gasteiger charge is 2.32. The van der Waals surface area contributed by atoms with Gasteiger partial charge in [-0.1, -0.05) is 24.3 Å². The number of carbonyl (C=O) groups excluding carboxylic acids is 2. The van der Waals surface area contributed by atoms with E-state index in [-0.39, 0.29) is 24.4 Å². The van der Waals surface area contributed by atoms with Crippen LogP contribution in [0.3, 0.4) is 0 Å². The Morgan fingerprint density at radius 3 is 2.82 bits per heavy atom. The van der Waals surface area contributed by atoms with Crippen LogP contribution in [0.25, 0.3) is 0 Å². The van der Waals surface area contributed by atoms with Crippen LogP contribution in [-0.4, -0.2) is 36.3 Å². The summed E-state index contributed by atoms with van der Waals surface area (Å²) in [6.45, 7) is 1.43. The molecular weight excluding hydrogens is 298 g/mol. The number of anilines is 1. The molecule has 0 saturated carbocycles. The van der Waals surface area contributed by atoms with E-state index in [1.165, 1.54) is 11.3 Å². The zero-order valence-electron chi connectivity index (χ0n) is 12.0. The van der Waals surface area contributed by atoms with Crippen LogP contribution in [0, 0.1) is 0 Å². The zero-order chi connectivity index (χ0) is 15.4. The second-order valence-corrected chi connectivity index (χ2v) is 6.07. The van der Waals surface area contributed by atoms with Crippen molar-refractivity contribution in [3.63, 3.8) is 0 Å². The first-order chi connectivity index (χ1) is 10.7. The minimum absolute atomic E-state index is 0.0405. The summed E-state index contributed by atoms with van der Waals surface area (Å²) in [6, 6.07) is 12.8. The van der Waals surface area contributed by atoms with Gasteiger partial charge in [0.1, 0.15) is 6.04 Å². The second kappa shape index (κ2) is 6.72. The van der Waals surface area contributed by atoms with Crippen molar-refractivity contribution < 1.29 is 9.59 Å². The molecule has 0 aliphatic carbocycles. The minimum Gasteiger partial charge on any atom is -0.353 e. The number of nitrogens with zero attached hydrogens (tertiary/aromatic N) is 1. The van der Waals surface area contributed by atoms with E-state index in [4.69, 9.17) is 0 Å². The van der Waals surface area contributed by atoms with Crippen molar-refractivity contribution in [2.24, 2.45) is 0 Å². The van der Waals surface area contributed by atoms with Gasteiger partial charge in [-0.25, -0.2) is 0 Å². The molecule has 114 valence electrons. The monoisotopic (exact) mass is 315 g/mol. The molecule has 1 atom stereocenters. The largest absolute Gasteiger partial charge is 0.353 e. The van der Waals surface area contributed by atoms with E-state index < -0.39 is 0 Å². The first kappa shape index (κ1) is 14.7. The molecule has 2 heterocycles. The summed E-state index contributed by atoms with van der Waals surface area (Å²) in [5.74, 6) is -0.149. The number of piperazine rings is 1. The molecule has 0 bridgehead atoms. The number of rotatable bonds is 4. The van der Waals surface area contributed by atoms with Gasteiger partial charge >= 0.3 is 0 Å². The van der Waals surface area contributed by atoms with E-state index >= 15 is 0 Å². The number of amides is 2. The minimum atomic E-state index is -0.379. The standard InChI is InChI=1S/C16H17N3O2S/c20-14(18-12-5-2-1-3-6-12)11-19-9-8-17-16(21)15(19)13-7-4-10-22-13/h1-7,10,15H,8-9,11H2,(H,17,21)(H,18,20)/t15-/m1/s1. The lowest BCUT2D eigenvalue weighted by Crippen LogP contribution is -2.51. The van der Waals surface area contributed by atoms with E-state index in [2.05, 4.69) is 10.6 Å². The van der Waals surface area contributed by atoms with Crippen molar-refractivity contribution in [3.8, 4) is 0 Å². The third-order valence-corrected chi connectivity index (χ3v) is 4.45. The quantitative estimate of drug-likeness (QED) is 0.905. The summed E-state index contributed by atoms with van der Waals surface area (Å²) in [5, 5.41) is 7.67. The Balaban J connectivity index is 1.69. The molecule has 1 aliphatic rings. The van der Waals surface area contributed by atoms with Crippen molar-refractivity contribution in [2.75, 3.05) is 25.0 Å². The molecule has 0 spiro atoms. The summed E-state index contributed by atoms with van der Waals surface area (Å²) in [5.41, 5.74) is 0.765. The number of benzene rings is 1. The maximum atomic E-state index is 12.2. The maximum Gasteiger partial charge on any atom is 0.242 e. The fourth-order valence-electron chi connectivity index (χ4n) is 2.55. The summed E-state index contributed by atoms with van der Waals surface area (Å²) in [4.78, 5) is 27.3. The van der Waals surface area contributed by atoms with Gasteiger partial charge in [0.2, 0.25) is 11.8 Å². The number of para-hydroxylation sites is 1. The molecule has 22 heavy (non-hydrogen) atoms. The smallest absolute Gasteiger partial charge is 0.242 e. The zero-order valence-corrected chi connectivity index (χ0v) is 12.8. The Morgan fingerprint density at radius 1 is 1.27 bits per heavy atom. The van der Waals surface area contributed by atoms with E-state index in [0.717, 1.165) is 10.6 Å². The molecule has 0 radical (unpaired) electrons. The van der Waals surface area contributed by atoms with Gasteiger partial charge < -0.3 is 10.6 Å². The molecule has 1 aromatic carbocycles. The van der Waals surface area contributed by atoms with E-state index in [1.54, 1.807) is 0 Å². The van der Waals surface area contributed by atoms with Crippen LogP contribution in [0.5, 0.6) is 0 Å². The van der Waals surface area contributed by atoms with Crippen molar-refractivity contribution in [2.45, 2.75) is 6.04 Å². The predicted octanol–water partition coefficient (Wildman–Crippen LogP) is 1.86. The van der Waals surface area contributed by atoms with Crippen LogP contribution in [0.15, 0.2) is 47.8 Å². The summed E-state index contributed by atoms with van der Waals surface area (Å²) in [7, 11) is 0. The molecular formula is C16H17N3O2S. The van der Waals surface area contributed by atoms with Crippen molar-refractivity contribution in [3.05, 3.63) is 52.7 Å². The highest BCUT2D eigenvalue weighted by Crippen LogP contribution is 2.26. The first-order valence-corrected chi connectivity index (χ1v) is 8.02. The lowest BCUT2D eigenvalue weighted by molar-refractivity contribution is -0.130. The summed E-state index contributed by atoms with van der Waals surface area (Å²) >= 11 is 1.53. The molecule has 1 saturated heterocycles. The highest BCUT2D eigenvalue weighted by molar-refractivity contribution is 7.10. The Bertz CT molecular complexity index is 643. The summed E-state index contributed by atoms with van der Waals surface area (Å²) < 4.78 is 0. The van der Waals surface area contributed by atoms with Gasteiger partial charge in [-0.05, 0) is 23.6 Å². The Labute approximate surface area is 132 Å². The molecule has 1 fully saturated rings. The number of thiophene rings is 1. The summed E-state index contributed by atoms with van der Waals surface area (Å²) in [6.07, 6.45) is 0. The number of hydrogen-bond donors (Lipinski definition) is 2. The third-order valence-electron chi connectivity index (χ3n) is 3.53. The van der Waals surface area contributed by atoms with Crippen LogP contribution in [0.2, 0.25) is 0 Å². The maximum absolute atomic E-state index is 12.2. The number of hydrogen-bond acceptors (Lipinski definition) is 4. The highest BCUT2D eigenvalue weighted by atomic mass is 32.1. The third kappa shape index (κ3) is 3.35. The SMILES string of the molecule is O=C(CN1CCNC(=O)[C@H]1c1cccs1)Nc1ccccc1. The topological polar surface area (TPSA) is 61.4 Å². The van der Waals surface area contributed by atoms with Gasteiger partial charge in [0.25, 0.3) is 0 Å². The van der Waals surface area contributed by atoms with Crippen LogP contribution in [0.1, 0.15) is 10.9 Å². The van der Waals surface area contributed by atoms with Gasteiger partial charge in [0.05, 0.1) is 6.54 Å². The molecule has 2 aromatic rings. The van der Waals surface area contributed by atoms with Gasteiger partial charge in [-0.3, -0.25) is 14.5 Å². The molecule has 2 N–H and O–H groups in total. The average molecular weight is 315 g/mol. The molecule has 6 heteroatoms. The second-order valence-electron chi connectivity index (χ2n) is 5.09. The van der Waals surface area contributed by atoms with Crippen molar-refractivity contribution in [1.29, 1.82) is 0 Å². The van der Waals surface area contributed by atoms with Crippen LogP contribution >= 0.6 is 11.3 Å². The Kier molecular flexibility index (Phi) is 4.50. The van der Waals surface area contributed by atoms with Crippen LogP contribution in [0.4, 0.5) is 5.69 Å². The van der Waals surface area contributed by atoms with Gasteiger partial charge in [-0.2, -0.15) is 0 Å². The molecule has 1 aromatic heterocycles. The lowest BCUT2D eigenvalue weighted by atomic mass is 10.1. The Hall–Kier alpha value is -2.18.